The molecule has 0 N–H and O–H groups in total. The summed E-state index contributed by atoms with van der Waals surface area (Å²) >= 11 is 0. The molecule has 1 amide bonds. The van der Waals surface area contributed by atoms with Crippen molar-refractivity contribution in [2.45, 2.75) is 19.8 Å². The van der Waals surface area contributed by atoms with Crippen molar-refractivity contribution in [2.24, 2.45) is 5.92 Å². The van der Waals surface area contributed by atoms with E-state index in [0.29, 0.717) is 43.9 Å². The molecule has 0 radical (unpaired) electrons. The van der Waals surface area contributed by atoms with Crippen LogP contribution >= 0.6 is 0 Å². The van der Waals surface area contributed by atoms with Gasteiger partial charge >= 0.3 is 5.97 Å². The van der Waals surface area contributed by atoms with Crippen LogP contribution in [-0.2, 0) is 9.53 Å². The number of piperidine rings is 1. The highest BCUT2D eigenvalue weighted by Gasteiger charge is 2.30. The van der Waals surface area contributed by atoms with Gasteiger partial charge in [-0.1, -0.05) is 30.3 Å². The second kappa shape index (κ2) is 9.68. The summed E-state index contributed by atoms with van der Waals surface area (Å²) in [7, 11) is 1.62. The molecule has 0 unspecified atom stereocenters. The third-order valence-corrected chi connectivity index (χ3v) is 5.70. The van der Waals surface area contributed by atoms with E-state index in [2.05, 4.69) is 0 Å². The van der Waals surface area contributed by atoms with E-state index in [1.807, 2.05) is 60.7 Å². The monoisotopic (exact) mass is 433 g/mol. The van der Waals surface area contributed by atoms with Crippen LogP contribution < -0.4 is 4.74 Å². The molecule has 32 heavy (non-hydrogen) atoms. The van der Waals surface area contributed by atoms with E-state index in [4.69, 9.17) is 14.6 Å². The molecule has 1 saturated heterocycles. The molecule has 1 aliphatic rings. The number of carbonyl (C=O) groups is 2. The Balaban J connectivity index is 1.63. The number of benzene rings is 2. The summed E-state index contributed by atoms with van der Waals surface area (Å²) in [5.41, 5.74) is 2.86. The second-order valence-corrected chi connectivity index (χ2v) is 7.71. The molecule has 1 aromatic heterocycles. The Morgan fingerprint density at radius 2 is 1.78 bits per heavy atom. The molecular formula is C25H27N3O4. The van der Waals surface area contributed by atoms with E-state index >= 15 is 0 Å². The Bertz CT molecular complexity index is 1090. The molecule has 2 heterocycles. The minimum Gasteiger partial charge on any atom is -0.497 e. The number of nitrogens with zero attached hydrogens (tertiary/aromatic N) is 3. The molecule has 166 valence electrons. The van der Waals surface area contributed by atoms with E-state index in [1.165, 1.54) is 0 Å². The molecule has 2 aromatic carbocycles. The summed E-state index contributed by atoms with van der Waals surface area (Å²) in [5, 5.41) is 4.75. The minimum atomic E-state index is -0.172. The maximum absolute atomic E-state index is 13.5. The van der Waals surface area contributed by atoms with Gasteiger partial charge in [-0.05, 0) is 50.1 Å². The summed E-state index contributed by atoms with van der Waals surface area (Å²) in [6.45, 7) is 3.20. The molecule has 7 heteroatoms. The van der Waals surface area contributed by atoms with E-state index in [0.717, 1.165) is 17.0 Å². The van der Waals surface area contributed by atoms with Gasteiger partial charge in [-0.25, -0.2) is 4.68 Å². The molecule has 0 spiro atoms. The number of ether oxygens (including phenoxy) is 2. The first kappa shape index (κ1) is 21.6. The average molecular weight is 434 g/mol. The highest BCUT2D eigenvalue weighted by Crippen LogP contribution is 2.27. The van der Waals surface area contributed by atoms with Crippen molar-refractivity contribution < 1.29 is 19.1 Å². The summed E-state index contributed by atoms with van der Waals surface area (Å²) in [4.78, 5) is 27.3. The number of likely N-dealkylation sites (tertiary alicyclic amines) is 1. The first-order valence-corrected chi connectivity index (χ1v) is 10.9. The number of rotatable bonds is 6. The molecule has 0 saturated carbocycles. The van der Waals surface area contributed by atoms with Crippen LogP contribution in [0.15, 0.2) is 60.7 Å². The summed E-state index contributed by atoms with van der Waals surface area (Å²) in [6.07, 6.45) is 1.21. The van der Waals surface area contributed by atoms with Crippen LogP contribution in [0, 0.1) is 5.92 Å². The standard InChI is InChI=1S/C25H27N3O4/c1-3-32-25(30)18-12-14-27(15-13-18)24(29)23-17-22(19-8-7-11-21(16-19)31-2)26-28(23)20-9-5-4-6-10-20/h4-11,16-18H,3,12-15H2,1-2H3. The maximum atomic E-state index is 13.5. The summed E-state index contributed by atoms with van der Waals surface area (Å²) in [5.74, 6) is 0.308. The SMILES string of the molecule is CCOC(=O)C1CCN(C(=O)c2cc(-c3cccc(OC)c3)nn2-c2ccccc2)CC1. The van der Waals surface area contributed by atoms with Crippen LogP contribution in [0.1, 0.15) is 30.3 Å². The first-order chi connectivity index (χ1) is 15.6. The number of aromatic nitrogens is 2. The number of para-hydroxylation sites is 1. The zero-order chi connectivity index (χ0) is 22.5. The number of esters is 1. The van der Waals surface area contributed by atoms with Crippen LogP contribution in [0.2, 0.25) is 0 Å². The van der Waals surface area contributed by atoms with Gasteiger partial charge in [-0.15, -0.1) is 0 Å². The fraction of sp³-hybridized carbons (Fsp3) is 0.320. The number of amides is 1. The molecular weight excluding hydrogens is 406 g/mol. The highest BCUT2D eigenvalue weighted by atomic mass is 16.5. The predicted octanol–water partition coefficient (Wildman–Crippen LogP) is 3.96. The zero-order valence-electron chi connectivity index (χ0n) is 18.4. The highest BCUT2D eigenvalue weighted by molar-refractivity contribution is 5.94. The molecule has 0 aliphatic carbocycles. The van der Waals surface area contributed by atoms with Crippen LogP contribution in [0.4, 0.5) is 0 Å². The third kappa shape index (κ3) is 4.51. The summed E-state index contributed by atoms with van der Waals surface area (Å²) in [6, 6.07) is 19.0. The number of hydrogen-bond donors (Lipinski definition) is 0. The predicted molar refractivity (Wildman–Crippen MR) is 121 cm³/mol. The van der Waals surface area contributed by atoms with Gasteiger partial charge in [0.15, 0.2) is 0 Å². The van der Waals surface area contributed by atoms with E-state index in [-0.39, 0.29) is 17.8 Å². The normalized spacial score (nSPS) is 14.2. The Morgan fingerprint density at radius 3 is 2.47 bits per heavy atom. The Hall–Kier alpha value is -3.61. The van der Waals surface area contributed by atoms with Crippen LogP contribution in [-0.4, -0.2) is 53.4 Å². The Morgan fingerprint density at radius 1 is 1.03 bits per heavy atom. The number of methoxy groups -OCH3 is 1. The van der Waals surface area contributed by atoms with Crippen LogP contribution in [0.5, 0.6) is 5.75 Å². The van der Waals surface area contributed by atoms with Crippen molar-refractivity contribution in [1.29, 1.82) is 0 Å². The smallest absolute Gasteiger partial charge is 0.309 e. The number of carbonyl (C=O) groups excluding carboxylic acids is 2. The van der Waals surface area contributed by atoms with Gasteiger partial charge in [-0.3, -0.25) is 9.59 Å². The lowest BCUT2D eigenvalue weighted by atomic mass is 9.97. The first-order valence-electron chi connectivity index (χ1n) is 10.9. The van der Waals surface area contributed by atoms with Crippen molar-refractivity contribution in [1.82, 2.24) is 14.7 Å². The van der Waals surface area contributed by atoms with E-state index in [9.17, 15) is 9.59 Å². The molecule has 3 aromatic rings. The van der Waals surface area contributed by atoms with Crippen LogP contribution in [0.25, 0.3) is 16.9 Å². The van der Waals surface area contributed by atoms with Gasteiger partial charge < -0.3 is 14.4 Å². The molecule has 1 fully saturated rings. The summed E-state index contributed by atoms with van der Waals surface area (Å²) < 4.78 is 12.2. The van der Waals surface area contributed by atoms with Gasteiger partial charge in [0.1, 0.15) is 11.4 Å². The van der Waals surface area contributed by atoms with Crippen molar-refractivity contribution in [3.63, 3.8) is 0 Å². The van der Waals surface area contributed by atoms with Gasteiger partial charge in [0.25, 0.3) is 5.91 Å². The van der Waals surface area contributed by atoms with Gasteiger partial charge in [0.2, 0.25) is 0 Å². The fourth-order valence-electron chi connectivity index (χ4n) is 3.96. The lowest BCUT2D eigenvalue weighted by molar-refractivity contribution is -0.149. The quantitative estimate of drug-likeness (QED) is 0.550. The zero-order valence-corrected chi connectivity index (χ0v) is 18.4. The lowest BCUT2D eigenvalue weighted by Gasteiger charge is -2.30. The van der Waals surface area contributed by atoms with Crippen molar-refractivity contribution in [2.75, 3.05) is 26.8 Å². The van der Waals surface area contributed by atoms with Gasteiger partial charge in [0.05, 0.1) is 31.0 Å². The minimum absolute atomic E-state index is 0.0993. The largest absolute Gasteiger partial charge is 0.497 e. The molecule has 4 rings (SSSR count). The van der Waals surface area contributed by atoms with Crippen molar-refractivity contribution in [3.8, 4) is 22.7 Å². The van der Waals surface area contributed by atoms with E-state index in [1.54, 1.807) is 23.6 Å². The van der Waals surface area contributed by atoms with E-state index < -0.39 is 0 Å². The third-order valence-electron chi connectivity index (χ3n) is 5.70. The topological polar surface area (TPSA) is 73.7 Å². The molecule has 7 nitrogen and oxygen atoms in total. The van der Waals surface area contributed by atoms with Crippen molar-refractivity contribution >= 4 is 11.9 Å². The molecule has 0 atom stereocenters. The van der Waals surface area contributed by atoms with Crippen molar-refractivity contribution in [3.05, 3.63) is 66.4 Å². The second-order valence-electron chi connectivity index (χ2n) is 7.71. The Kier molecular flexibility index (Phi) is 6.54. The Labute approximate surface area is 187 Å². The molecule has 0 bridgehead atoms. The molecule has 1 aliphatic heterocycles. The number of hydrogen-bond acceptors (Lipinski definition) is 5. The van der Waals surface area contributed by atoms with Crippen LogP contribution in [0.3, 0.4) is 0 Å². The van der Waals surface area contributed by atoms with Gasteiger partial charge in [0, 0.05) is 18.7 Å². The fourth-order valence-corrected chi connectivity index (χ4v) is 3.96. The maximum Gasteiger partial charge on any atom is 0.309 e. The average Bonchev–Trinajstić information content (AvgIpc) is 3.30. The van der Waals surface area contributed by atoms with Gasteiger partial charge in [-0.2, -0.15) is 5.10 Å². The lowest BCUT2D eigenvalue weighted by Crippen LogP contribution is -2.41.